The second-order valence-electron chi connectivity index (χ2n) is 5.21. The van der Waals surface area contributed by atoms with E-state index in [1.165, 1.54) is 12.1 Å². The summed E-state index contributed by atoms with van der Waals surface area (Å²) in [7, 11) is 0. The van der Waals surface area contributed by atoms with Gasteiger partial charge in [-0.1, -0.05) is 18.2 Å². The maximum Gasteiger partial charge on any atom is 0.319 e. The van der Waals surface area contributed by atoms with Gasteiger partial charge in [0.15, 0.2) is 0 Å². The second-order valence-corrected chi connectivity index (χ2v) is 5.21. The standard InChI is InChI=1S/C18H20FN3O3/c1-2-20-17(23)11-21-18(24)22-15-7-4-8-16(10-15)25-12-13-5-3-6-14(19)9-13/h3-10H,2,11-12H2,1H3,(H,20,23)(H2,21,22,24). The molecule has 0 aliphatic rings. The number of benzene rings is 2. The van der Waals surface area contributed by atoms with Gasteiger partial charge in [-0.2, -0.15) is 0 Å². The van der Waals surface area contributed by atoms with Crippen LogP contribution in [0.3, 0.4) is 0 Å². The molecular formula is C18H20FN3O3. The highest BCUT2D eigenvalue weighted by Gasteiger charge is 2.06. The van der Waals surface area contributed by atoms with Gasteiger partial charge in [-0.3, -0.25) is 4.79 Å². The van der Waals surface area contributed by atoms with Gasteiger partial charge in [-0.25, -0.2) is 9.18 Å². The van der Waals surface area contributed by atoms with Crippen molar-refractivity contribution in [1.82, 2.24) is 10.6 Å². The number of ether oxygens (including phenoxy) is 1. The average molecular weight is 345 g/mol. The Kier molecular flexibility index (Phi) is 6.76. The minimum atomic E-state index is -0.492. The maximum atomic E-state index is 13.1. The SMILES string of the molecule is CCNC(=O)CNC(=O)Nc1cccc(OCc2cccc(F)c2)c1. The highest BCUT2D eigenvalue weighted by molar-refractivity contribution is 5.92. The molecule has 0 aliphatic carbocycles. The Balaban J connectivity index is 1.85. The molecule has 0 bridgehead atoms. The van der Waals surface area contributed by atoms with Crippen molar-refractivity contribution in [2.24, 2.45) is 0 Å². The Bertz CT molecular complexity index is 737. The molecule has 7 heteroatoms. The van der Waals surface area contributed by atoms with Gasteiger partial charge in [0.2, 0.25) is 5.91 Å². The normalized spacial score (nSPS) is 10.0. The van der Waals surface area contributed by atoms with Gasteiger partial charge >= 0.3 is 6.03 Å². The van der Waals surface area contributed by atoms with E-state index in [0.29, 0.717) is 23.5 Å². The highest BCUT2D eigenvalue weighted by atomic mass is 19.1. The third kappa shape index (κ3) is 6.50. The largest absolute Gasteiger partial charge is 0.489 e. The molecule has 2 aromatic carbocycles. The molecule has 0 fully saturated rings. The lowest BCUT2D eigenvalue weighted by Gasteiger charge is -2.10. The first kappa shape index (κ1) is 18.3. The van der Waals surface area contributed by atoms with Gasteiger partial charge in [0, 0.05) is 18.3 Å². The molecule has 25 heavy (non-hydrogen) atoms. The van der Waals surface area contributed by atoms with Crippen LogP contribution < -0.4 is 20.7 Å². The fraction of sp³-hybridized carbons (Fsp3) is 0.222. The lowest BCUT2D eigenvalue weighted by Crippen LogP contribution is -2.38. The fourth-order valence-electron chi connectivity index (χ4n) is 2.05. The van der Waals surface area contributed by atoms with E-state index >= 15 is 0 Å². The van der Waals surface area contributed by atoms with E-state index in [2.05, 4.69) is 16.0 Å². The summed E-state index contributed by atoms with van der Waals surface area (Å²) >= 11 is 0. The predicted molar refractivity (Wildman–Crippen MR) is 92.9 cm³/mol. The molecule has 0 radical (unpaired) electrons. The smallest absolute Gasteiger partial charge is 0.319 e. The Morgan fingerprint density at radius 2 is 1.88 bits per heavy atom. The number of urea groups is 1. The van der Waals surface area contributed by atoms with E-state index in [0.717, 1.165) is 0 Å². The third-order valence-electron chi connectivity index (χ3n) is 3.17. The molecule has 0 spiro atoms. The summed E-state index contributed by atoms with van der Waals surface area (Å²) < 4.78 is 18.7. The molecular weight excluding hydrogens is 325 g/mol. The van der Waals surface area contributed by atoms with E-state index in [1.54, 1.807) is 43.3 Å². The van der Waals surface area contributed by atoms with Crippen molar-refractivity contribution in [3.05, 3.63) is 59.9 Å². The van der Waals surface area contributed by atoms with E-state index in [4.69, 9.17) is 4.74 Å². The van der Waals surface area contributed by atoms with Crippen molar-refractivity contribution in [2.45, 2.75) is 13.5 Å². The topological polar surface area (TPSA) is 79.5 Å². The average Bonchev–Trinajstić information content (AvgIpc) is 2.59. The Hall–Kier alpha value is -3.09. The van der Waals surface area contributed by atoms with E-state index in [1.807, 2.05) is 0 Å². The van der Waals surface area contributed by atoms with Gasteiger partial charge < -0.3 is 20.7 Å². The zero-order valence-electron chi connectivity index (χ0n) is 13.8. The molecule has 3 amide bonds. The summed E-state index contributed by atoms with van der Waals surface area (Å²) in [4.78, 5) is 23.1. The second kappa shape index (κ2) is 9.27. The van der Waals surface area contributed by atoms with Crippen LogP contribution in [0, 0.1) is 5.82 Å². The van der Waals surface area contributed by atoms with E-state index in [-0.39, 0.29) is 24.9 Å². The number of hydrogen-bond acceptors (Lipinski definition) is 3. The van der Waals surface area contributed by atoms with Crippen molar-refractivity contribution >= 4 is 17.6 Å². The van der Waals surface area contributed by atoms with Crippen LogP contribution in [-0.4, -0.2) is 25.0 Å². The van der Waals surface area contributed by atoms with Crippen molar-refractivity contribution in [2.75, 3.05) is 18.4 Å². The molecule has 3 N–H and O–H groups in total. The van der Waals surface area contributed by atoms with E-state index < -0.39 is 6.03 Å². The molecule has 0 aromatic heterocycles. The van der Waals surface area contributed by atoms with Crippen LogP contribution in [0.4, 0.5) is 14.9 Å². The van der Waals surface area contributed by atoms with Crippen LogP contribution >= 0.6 is 0 Å². The molecule has 0 heterocycles. The lowest BCUT2D eigenvalue weighted by molar-refractivity contribution is -0.119. The summed E-state index contributed by atoms with van der Waals surface area (Å²) in [5, 5.41) is 7.65. The first-order chi connectivity index (χ1) is 12.1. The number of anilines is 1. The van der Waals surface area contributed by atoms with Gasteiger partial charge in [0.05, 0.1) is 6.54 Å². The highest BCUT2D eigenvalue weighted by Crippen LogP contribution is 2.18. The third-order valence-corrected chi connectivity index (χ3v) is 3.17. The number of likely N-dealkylation sites (N-methyl/N-ethyl adjacent to an activating group) is 1. The van der Waals surface area contributed by atoms with Gasteiger partial charge in [-0.15, -0.1) is 0 Å². The number of carbonyl (C=O) groups is 2. The fourth-order valence-corrected chi connectivity index (χ4v) is 2.05. The number of hydrogen-bond donors (Lipinski definition) is 3. The minimum absolute atomic E-state index is 0.102. The molecule has 6 nitrogen and oxygen atoms in total. The molecule has 0 saturated carbocycles. The molecule has 0 saturated heterocycles. The number of carbonyl (C=O) groups excluding carboxylic acids is 2. The van der Waals surface area contributed by atoms with Crippen LogP contribution in [0.1, 0.15) is 12.5 Å². The van der Waals surface area contributed by atoms with Gasteiger partial charge in [0.1, 0.15) is 18.2 Å². The van der Waals surface area contributed by atoms with Crippen LogP contribution in [0.5, 0.6) is 5.75 Å². The van der Waals surface area contributed by atoms with Gasteiger partial charge in [0.25, 0.3) is 0 Å². The van der Waals surface area contributed by atoms with E-state index in [9.17, 15) is 14.0 Å². The summed E-state index contributed by atoms with van der Waals surface area (Å²) in [6.45, 7) is 2.42. The van der Waals surface area contributed by atoms with Crippen LogP contribution in [-0.2, 0) is 11.4 Å². The van der Waals surface area contributed by atoms with Crippen molar-refractivity contribution in [3.63, 3.8) is 0 Å². The molecule has 0 atom stereocenters. The van der Waals surface area contributed by atoms with Crippen molar-refractivity contribution in [3.8, 4) is 5.75 Å². The minimum Gasteiger partial charge on any atom is -0.489 e. The van der Waals surface area contributed by atoms with Gasteiger partial charge in [-0.05, 0) is 36.8 Å². The monoisotopic (exact) mass is 345 g/mol. The van der Waals surface area contributed by atoms with Crippen LogP contribution in [0.25, 0.3) is 0 Å². The zero-order chi connectivity index (χ0) is 18.1. The molecule has 0 unspecified atom stereocenters. The summed E-state index contributed by atoms with van der Waals surface area (Å²) in [5.74, 6) is -0.0455. The number of halogens is 1. The molecule has 132 valence electrons. The number of nitrogens with one attached hydrogen (secondary N) is 3. The maximum absolute atomic E-state index is 13.1. The number of amides is 3. The lowest BCUT2D eigenvalue weighted by atomic mass is 10.2. The number of rotatable bonds is 7. The quantitative estimate of drug-likeness (QED) is 0.722. The first-order valence-electron chi connectivity index (χ1n) is 7.85. The summed E-state index contributed by atoms with van der Waals surface area (Å²) in [5.41, 5.74) is 1.23. The van der Waals surface area contributed by atoms with Crippen LogP contribution in [0.15, 0.2) is 48.5 Å². The Morgan fingerprint density at radius 3 is 2.64 bits per heavy atom. The van der Waals surface area contributed by atoms with Crippen molar-refractivity contribution in [1.29, 1.82) is 0 Å². The summed E-state index contributed by atoms with van der Waals surface area (Å²) in [6, 6.07) is 12.5. The molecule has 2 rings (SSSR count). The predicted octanol–water partition coefficient (Wildman–Crippen LogP) is 2.66. The van der Waals surface area contributed by atoms with Crippen molar-refractivity contribution < 1.29 is 18.7 Å². The Labute approximate surface area is 145 Å². The first-order valence-corrected chi connectivity index (χ1v) is 7.85. The molecule has 0 aliphatic heterocycles. The Morgan fingerprint density at radius 1 is 1.08 bits per heavy atom. The molecule has 2 aromatic rings. The van der Waals surface area contributed by atoms with Crippen LogP contribution in [0.2, 0.25) is 0 Å². The summed E-state index contributed by atoms with van der Waals surface area (Å²) in [6.07, 6.45) is 0. The zero-order valence-corrected chi connectivity index (χ0v) is 13.8.